The summed E-state index contributed by atoms with van der Waals surface area (Å²) in [4.78, 5) is 13.5. The number of rotatable bonds is 9. The second kappa shape index (κ2) is 10.8. The first-order chi connectivity index (χ1) is 17.2. The molecule has 0 N–H and O–H groups in total. The maximum absolute atomic E-state index is 6.37. The minimum absolute atomic E-state index is 0.626. The molecule has 1 aliphatic heterocycles. The second-order valence-corrected chi connectivity index (χ2v) is 8.74. The SMILES string of the molecule is COc1cccc(CN(Cc2cccc(-n3ccnc3)c2)c2nc(C)c(CN3CCOCC3)o2)c1. The Morgan fingerprint density at radius 2 is 1.80 bits per heavy atom. The summed E-state index contributed by atoms with van der Waals surface area (Å²) in [7, 11) is 1.69. The van der Waals surface area contributed by atoms with Gasteiger partial charge in [0.25, 0.3) is 6.01 Å². The van der Waals surface area contributed by atoms with Crippen molar-refractivity contribution in [3.05, 3.63) is 89.8 Å². The summed E-state index contributed by atoms with van der Waals surface area (Å²) in [5.41, 5.74) is 4.28. The first-order valence-electron chi connectivity index (χ1n) is 11.9. The van der Waals surface area contributed by atoms with Crippen LogP contribution in [0.4, 0.5) is 6.01 Å². The van der Waals surface area contributed by atoms with Gasteiger partial charge in [-0.15, -0.1) is 0 Å². The maximum Gasteiger partial charge on any atom is 0.298 e. The van der Waals surface area contributed by atoms with E-state index < -0.39 is 0 Å². The largest absolute Gasteiger partial charge is 0.497 e. The summed E-state index contributed by atoms with van der Waals surface area (Å²) in [5.74, 6) is 1.74. The van der Waals surface area contributed by atoms with Crippen LogP contribution in [-0.2, 0) is 24.4 Å². The van der Waals surface area contributed by atoms with Crippen molar-refractivity contribution in [3.63, 3.8) is 0 Å². The minimum Gasteiger partial charge on any atom is -0.497 e. The van der Waals surface area contributed by atoms with Gasteiger partial charge >= 0.3 is 0 Å². The summed E-state index contributed by atoms with van der Waals surface area (Å²) >= 11 is 0. The number of morpholine rings is 1. The summed E-state index contributed by atoms with van der Waals surface area (Å²) < 4.78 is 19.3. The number of imidazole rings is 1. The lowest BCUT2D eigenvalue weighted by molar-refractivity contribution is 0.0313. The Morgan fingerprint density at radius 3 is 2.54 bits per heavy atom. The Bertz CT molecular complexity index is 1230. The fourth-order valence-corrected chi connectivity index (χ4v) is 4.29. The van der Waals surface area contributed by atoms with E-state index in [1.165, 1.54) is 0 Å². The molecule has 8 nitrogen and oxygen atoms in total. The van der Waals surface area contributed by atoms with Gasteiger partial charge in [0.2, 0.25) is 0 Å². The van der Waals surface area contributed by atoms with Crippen molar-refractivity contribution >= 4 is 6.01 Å². The molecular formula is C27H31N5O3. The van der Waals surface area contributed by atoms with E-state index >= 15 is 0 Å². The number of ether oxygens (including phenoxy) is 2. The molecule has 0 spiro atoms. The van der Waals surface area contributed by atoms with Crippen LogP contribution in [-0.4, -0.2) is 52.8 Å². The zero-order chi connectivity index (χ0) is 24.0. The molecule has 5 rings (SSSR count). The molecule has 3 heterocycles. The van der Waals surface area contributed by atoms with E-state index in [0.29, 0.717) is 19.1 Å². The molecule has 4 aromatic rings. The van der Waals surface area contributed by atoms with Crippen molar-refractivity contribution in [2.24, 2.45) is 0 Å². The number of hydrogen-bond donors (Lipinski definition) is 0. The monoisotopic (exact) mass is 473 g/mol. The molecule has 8 heteroatoms. The number of benzene rings is 2. The molecule has 2 aromatic carbocycles. The van der Waals surface area contributed by atoms with Crippen molar-refractivity contribution in [1.82, 2.24) is 19.4 Å². The fourth-order valence-electron chi connectivity index (χ4n) is 4.29. The predicted molar refractivity (Wildman–Crippen MR) is 134 cm³/mol. The number of oxazole rings is 1. The van der Waals surface area contributed by atoms with Gasteiger partial charge in [-0.25, -0.2) is 4.98 Å². The molecule has 0 aliphatic carbocycles. The van der Waals surface area contributed by atoms with Crippen LogP contribution in [0.15, 0.2) is 71.7 Å². The van der Waals surface area contributed by atoms with Crippen molar-refractivity contribution in [2.75, 3.05) is 38.3 Å². The number of hydrogen-bond acceptors (Lipinski definition) is 7. The average Bonchev–Trinajstić information content (AvgIpc) is 3.55. The molecule has 0 atom stereocenters. The van der Waals surface area contributed by atoms with Crippen LogP contribution >= 0.6 is 0 Å². The van der Waals surface area contributed by atoms with Crippen molar-refractivity contribution in [2.45, 2.75) is 26.6 Å². The van der Waals surface area contributed by atoms with Crippen LogP contribution in [0.5, 0.6) is 5.75 Å². The average molecular weight is 474 g/mol. The Kier molecular flexibility index (Phi) is 7.11. The lowest BCUT2D eigenvalue weighted by Crippen LogP contribution is -2.35. The van der Waals surface area contributed by atoms with Crippen LogP contribution < -0.4 is 9.64 Å². The van der Waals surface area contributed by atoms with E-state index in [2.05, 4.69) is 51.2 Å². The fraction of sp³-hybridized carbons (Fsp3) is 0.333. The van der Waals surface area contributed by atoms with Gasteiger partial charge in [0.05, 0.1) is 38.9 Å². The standard InChI is InChI=1S/C27H31N5O3/c1-21-26(19-30-11-13-34-14-12-30)35-27(29-21)32(18-23-6-4-8-25(16-23)33-2)17-22-5-3-7-24(15-22)31-10-9-28-20-31/h3-10,15-16,20H,11-14,17-19H2,1-2H3. The van der Waals surface area contributed by atoms with E-state index in [0.717, 1.165) is 66.9 Å². The molecule has 0 saturated carbocycles. The molecule has 1 fully saturated rings. The summed E-state index contributed by atoms with van der Waals surface area (Å²) in [5, 5.41) is 0. The van der Waals surface area contributed by atoms with Crippen molar-refractivity contribution in [3.8, 4) is 11.4 Å². The van der Waals surface area contributed by atoms with Gasteiger partial charge < -0.3 is 23.4 Å². The minimum atomic E-state index is 0.626. The Balaban J connectivity index is 1.42. The number of aromatic nitrogens is 3. The number of aryl methyl sites for hydroxylation is 1. The van der Waals surface area contributed by atoms with E-state index in [-0.39, 0.29) is 0 Å². The van der Waals surface area contributed by atoms with Gasteiger partial charge in [0, 0.05) is 44.3 Å². The lowest BCUT2D eigenvalue weighted by Gasteiger charge is -2.25. The predicted octanol–water partition coefficient (Wildman–Crippen LogP) is 4.22. The first-order valence-corrected chi connectivity index (χ1v) is 11.9. The summed E-state index contributed by atoms with van der Waals surface area (Å²) in [6.07, 6.45) is 5.54. The third-order valence-electron chi connectivity index (χ3n) is 6.22. The van der Waals surface area contributed by atoms with Crippen LogP contribution in [0.2, 0.25) is 0 Å². The Labute approximate surface area is 205 Å². The molecule has 1 saturated heterocycles. The maximum atomic E-state index is 6.37. The van der Waals surface area contributed by atoms with Gasteiger partial charge in [-0.3, -0.25) is 4.90 Å². The van der Waals surface area contributed by atoms with Gasteiger partial charge in [0.1, 0.15) is 11.5 Å². The van der Waals surface area contributed by atoms with E-state index in [9.17, 15) is 0 Å². The Morgan fingerprint density at radius 1 is 1.03 bits per heavy atom. The zero-order valence-electron chi connectivity index (χ0n) is 20.3. The quantitative estimate of drug-likeness (QED) is 0.361. The number of anilines is 1. The van der Waals surface area contributed by atoms with Crippen LogP contribution in [0.25, 0.3) is 5.69 Å². The molecule has 2 aromatic heterocycles. The highest BCUT2D eigenvalue weighted by Crippen LogP contribution is 2.26. The molecule has 1 aliphatic rings. The number of methoxy groups -OCH3 is 1. The summed E-state index contributed by atoms with van der Waals surface area (Å²) in [6.45, 7) is 7.39. The Hall–Kier alpha value is -3.62. The molecule has 0 bridgehead atoms. The third kappa shape index (κ3) is 5.72. The van der Waals surface area contributed by atoms with E-state index in [1.54, 1.807) is 13.3 Å². The van der Waals surface area contributed by atoms with Crippen LogP contribution in [0.3, 0.4) is 0 Å². The molecule has 0 amide bonds. The smallest absolute Gasteiger partial charge is 0.298 e. The topological polar surface area (TPSA) is 68.8 Å². The van der Waals surface area contributed by atoms with Crippen LogP contribution in [0, 0.1) is 6.92 Å². The van der Waals surface area contributed by atoms with Gasteiger partial charge in [-0.05, 0) is 42.3 Å². The third-order valence-corrected chi connectivity index (χ3v) is 6.22. The number of nitrogens with zero attached hydrogens (tertiary/aromatic N) is 5. The van der Waals surface area contributed by atoms with Gasteiger partial charge in [-0.1, -0.05) is 24.3 Å². The zero-order valence-corrected chi connectivity index (χ0v) is 20.3. The van der Waals surface area contributed by atoms with Gasteiger partial charge in [-0.2, -0.15) is 4.98 Å². The highest BCUT2D eigenvalue weighted by molar-refractivity contribution is 5.40. The first kappa shape index (κ1) is 23.1. The molecule has 182 valence electrons. The van der Waals surface area contributed by atoms with Crippen LogP contribution in [0.1, 0.15) is 22.6 Å². The second-order valence-electron chi connectivity index (χ2n) is 8.74. The van der Waals surface area contributed by atoms with Crippen molar-refractivity contribution in [1.29, 1.82) is 0 Å². The summed E-state index contributed by atoms with van der Waals surface area (Å²) in [6, 6.07) is 17.2. The highest BCUT2D eigenvalue weighted by Gasteiger charge is 2.20. The molecule has 0 unspecified atom stereocenters. The molecule has 0 radical (unpaired) electrons. The normalized spacial score (nSPS) is 14.2. The highest BCUT2D eigenvalue weighted by atomic mass is 16.5. The van der Waals surface area contributed by atoms with E-state index in [1.807, 2.05) is 36.1 Å². The molecular weight excluding hydrogens is 442 g/mol. The molecule has 35 heavy (non-hydrogen) atoms. The van der Waals surface area contributed by atoms with Crippen molar-refractivity contribution < 1.29 is 13.9 Å². The van der Waals surface area contributed by atoms with Gasteiger partial charge in [0.15, 0.2) is 0 Å². The van der Waals surface area contributed by atoms with E-state index in [4.69, 9.17) is 18.9 Å². The lowest BCUT2D eigenvalue weighted by atomic mass is 10.1.